The first kappa shape index (κ1) is 11.4. The molecule has 0 aliphatic carbocycles. The molecule has 1 aromatic carbocycles. The standard InChI is InChI=1S/C12H13BrN2O/c13-10-4-1-3-9(7-10)12-15-8-11(16-12)5-2-6-14/h1,3-4,7-8H,2,5-6,14H2. The van der Waals surface area contributed by atoms with Crippen molar-refractivity contribution in [2.75, 3.05) is 6.54 Å². The molecular formula is C12H13BrN2O. The summed E-state index contributed by atoms with van der Waals surface area (Å²) in [4.78, 5) is 4.25. The molecular weight excluding hydrogens is 268 g/mol. The predicted octanol–water partition coefficient (Wildman–Crippen LogP) is 3.00. The summed E-state index contributed by atoms with van der Waals surface area (Å²) < 4.78 is 6.66. The lowest BCUT2D eigenvalue weighted by atomic mass is 10.2. The van der Waals surface area contributed by atoms with Gasteiger partial charge in [-0.2, -0.15) is 0 Å². The van der Waals surface area contributed by atoms with E-state index in [0.717, 1.165) is 28.6 Å². The second-order valence-electron chi connectivity index (χ2n) is 3.53. The predicted molar refractivity (Wildman–Crippen MR) is 67.0 cm³/mol. The van der Waals surface area contributed by atoms with Gasteiger partial charge in [0.25, 0.3) is 0 Å². The average molecular weight is 281 g/mol. The van der Waals surface area contributed by atoms with Crippen molar-refractivity contribution in [2.45, 2.75) is 12.8 Å². The molecule has 0 spiro atoms. The molecule has 2 N–H and O–H groups in total. The summed E-state index contributed by atoms with van der Waals surface area (Å²) in [5.41, 5.74) is 6.43. The molecule has 84 valence electrons. The third-order valence-corrected chi connectivity index (χ3v) is 2.75. The molecule has 0 atom stereocenters. The number of benzene rings is 1. The van der Waals surface area contributed by atoms with Gasteiger partial charge in [-0.3, -0.25) is 0 Å². The highest BCUT2D eigenvalue weighted by Crippen LogP contribution is 2.22. The Morgan fingerprint density at radius 1 is 1.38 bits per heavy atom. The van der Waals surface area contributed by atoms with E-state index in [4.69, 9.17) is 10.2 Å². The smallest absolute Gasteiger partial charge is 0.226 e. The van der Waals surface area contributed by atoms with E-state index in [9.17, 15) is 0 Å². The summed E-state index contributed by atoms with van der Waals surface area (Å²) in [6.45, 7) is 0.674. The van der Waals surface area contributed by atoms with Crippen LogP contribution in [0.25, 0.3) is 11.5 Å². The molecule has 3 nitrogen and oxygen atoms in total. The van der Waals surface area contributed by atoms with Crippen LogP contribution in [0.2, 0.25) is 0 Å². The van der Waals surface area contributed by atoms with E-state index in [-0.39, 0.29) is 0 Å². The molecule has 0 radical (unpaired) electrons. The zero-order valence-corrected chi connectivity index (χ0v) is 10.4. The van der Waals surface area contributed by atoms with Gasteiger partial charge in [-0.25, -0.2) is 4.98 Å². The van der Waals surface area contributed by atoms with Gasteiger partial charge in [0, 0.05) is 16.5 Å². The fourth-order valence-electron chi connectivity index (χ4n) is 1.45. The van der Waals surface area contributed by atoms with E-state index in [1.807, 2.05) is 24.3 Å². The molecule has 0 saturated carbocycles. The summed E-state index contributed by atoms with van der Waals surface area (Å²) in [5, 5.41) is 0. The van der Waals surface area contributed by atoms with Crippen molar-refractivity contribution in [2.24, 2.45) is 5.73 Å². The topological polar surface area (TPSA) is 52.0 Å². The van der Waals surface area contributed by atoms with E-state index < -0.39 is 0 Å². The monoisotopic (exact) mass is 280 g/mol. The number of aryl methyl sites for hydroxylation is 1. The number of halogens is 1. The first-order chi connectivity index (χ1) is 7.79. The van der Waals surface area contributed by atoms with Crippen molar-refractivity contribution in [1.82, 2.24) is 4.98 Å². The second kappa shape index (κ2) is 5.27. The van der Waals surface area contributed by atoms with Gasteiger partial charge in [-0.05, 0) is 31.2 Å². The Morgan fingerprint density at radius 2 is 2.25 bits per heavy atom. The van der Waals surface area contributed by atoms with Crippen LogP contribution in [-0.4, -0.2) is 11.5 Å². The molecule has 0 aliphatic rings. The third-order valence-electron chi connectivity index (χ3n) is 2.25. The first-order valence-electron chi connectivity index (χ1n) is 5.20. The Labute approximate surface area is 103 Å². The maximum Gasteiger partial charge on any atom is 0.226 e. The second-order valence-corrected chi connectivity index (χ2v) is 4.45. The number of nitrogens with two attached hydrogens (primary N) is 1. The Hall–Kier alpha value is -1.13. The molecule has 0 fully saturated rings. The number of rotatable bonds is 4. The maximum absolute atomic E-state index is 5.64. The summed E-state index contributed by atoms with van der Waals surface area (Å²) >= 11 is 3.42. The minimum absolute atomic E-state index is 0.660. The first-order valence-corrected chi connectivity index (χ1v) is 5.99. The third kappa shape index (κ3) is 2.71. The van der Waals surface area contributed by atoms with Crippen LogP contribution in [0.4, 0.5) is 0 Å². The van der Waals surface area contributed by atoms with E-state index in [0.29, 0.717) is 12.4 Å². The van der Waals surface area contributed by atoms with Crippen LogP contribution in [0.15, 0.2) is 39.4 Å². The van der Waals surface area contributed by atoms with Crippen molar-refractivity contribution < 1.29 is 4.42 Å². The van der Waals surface area contributed by atoms with Gasteiger partial charge in [0.1, 0.15) is 5.76 Å². The zero-order chi connectivity index (χ0) is 11.4. The molecule has 2 aromatic rings. The largest absolute Gasteiger partial charge is 0.441 e. The van der Waals surface area contributed by atoms with Crippen LogP contribution in [0.1, 0.15) is 12.2 Å². The highest BCUT2D eigenvalue weighted by molar-refractivity contribution is 9.10. The molecule has 0 amide bonds. The molecule has 0 bridgehead atoms. The van der Waals surface area contributed by atoms with Crippen molar-refractivity contribution in [3.63, 3.8) is 0 Å². The van der Waals surface area contributed by atoms with Gasteiger partial charge >= 0.3 is 0 Å². The average Bonchev–Trinajstić information content (AvgIpc) is 2.75. The van der Waals surface area contributed by atoms with Crippen LogP contribution in [0.5, 0.6) is 0 Å². The Morgan fingerprint density at radius 3 is 3.00 bits per heavy atom. The van der Waals surface area contributed by atoms with E-state index in [2.05, 4.69) is 20.9 Å². The van der Waals surface area contributed by atoms with Crippen molar-refractivity contribution in [1.29, 1.82) is 0 Å². The van der Waals surface area contributed by atoms with Gasteiger partial charge in [0.05, 0.1) is 6.20 Å². The van der Waals surface area contributed by atoms with E-state index in [1.54, 1.807) is 6.20 Å². The molecule has 16 heavy (non-hydrogen) atoms. The fourth-order valence-corrected chi connectivity index (χ4v) is 1.85. The molecule has 0 aliphatic heterocycles. The zero-order valence-electron chi connectivity index (χ0n) is 8.82. The lowest BCUT2D eigenvalue weighted by Gasteiger charge is -1.96. The van der Waals surface area contributed by atoms with Crippen LogP contribution < -0.4 is 5.73 Å². The number of hydrogen-bond donors (Lipinski definition) is 1. The normalized spacial score (nSPS) is 10.6. The van der Waals surface area contributed by atoms with E-state index >= 15 is 0 Å². The molecule has 4 heteroatoms. The molecule has 1 heterocycles. The fraction of sp³-hybridized carbons (Fsp3) is 0.250. The number of aromatic nitrogens is 1. The minimum atomic E-state index is 0.660. The van der Waals surface area contributed by atoms with Gasteiger partial charge in [-0.1, -0.05) is 22.0 Å². The molecule has 1 aromatic heterocycles. The Balaban J connectivity index is 2.18. The number of oxazole rings is 1. The SMILES string of the molecule is NCCCc1cnc(-c2cccc(Br)c2)o1. The van der Waals surface area contributed by atoms with Crippen LogP contribution in [-0.2, 0) is 6.42 Å². The highest BCUT2D eigenvalue weighted by Gasteiger charge is 2.06. The number of nitrogens with zero attached hydrogens (tertiary/aromatic N) is 1. The van der Waals surface area contributed by atoms with Crippen molar-refractivity contribution in [3.8, 4) is 11.5 Å². The Kier molecular flexibility index (Phi) is 3.74. The van der Waals surface area contributed by atoms with Crippen molar-refractivity contribution in [3.05, 3.63) is 40.7 Å². The highest BCUT2D eigenvalue weighted by atomic mass is 79.9. The summed E-state index contributed by atoms with van der Waals surface area (Å²) in [7, 11) is 0. The molecule has 0 saturated heterocycles. The van der Waals surface area contributed by atoms with Crippen LogP contribution in [0, 0.1) is 0 Å². The summed E-state index contributed by atoms with van der Waals surface area (Å²) in [5.74, 6) is 1.55. The lowest BCUT2D eigenvalue weighted by molar-refractivity contribution is 0.511. The number of hydrogen-bond acceptors (Lipinski definition) is 3. The van der Waals surface area contributed by atoms with Crippen LogP contribution in [0.3, 0.4) is 0 Å². The maximum atomic E-state index is 5.64. The summed E-state index contributed by atoms with van der Waals surface area (Å²) in [6, 6.07) is 7.90. The quantitative estimate of drug-likeness (QED) is 0.937. The molecule has 2 rings (SSSR count). The van der Waals surface area contributed by atoms with E-state index in [1.165, 1.54) is 0 Å². The van der Waals surface area contributed by atoms with Crippen LogP contribution >= 0.6 is 15.9 Å². The Bertz CT molecular complexity index is 468. The minimum Gasteiger partial charge on any atom is -0.441 e. The lowest BCUT2D eigenvalue weighted by Crippen LogP contribution is -1.99. The summed E-state index contributed by atoms with van der Waals surface area (Å²) in [6.07, 6.45) is 3.54. The molecule has 0 unspecified atom stereocenters. The van der Waals surface area contributed by atoms with Gasteiger partial charge in [0.2, 0.25) is 5.89 Å². The van der Waals surface area contributed by atoms with Gasteiger partial charge in [0.15, 0.2) is 0 Å². The van der Waals surface area contributed by atoms with Gasteiger partial charge in [-0.15, -0.1) is 0 Å². The van der Waals surface area contributed by atoms with Gasteiger partial charge < -0.3 is 10.2 Å². The van der Waals surface area contributed by atoms with Crippen molar-refractivity contribution >= 4 is 15.9 Å².